The lowest BCUT2D eigenvalue weighted by molar-refractivity contribution is -0.00862. The van der Waals surface area contributed by atoms with Gasteiger partial charge in [-0.25, -0.2) is 0 Å². The number of rotatable bonds is 3. The van der Waals surface area contributed by atoms with E-state index in [1.807, 2.05) is 19.2 Å². The number of ether oxygens (including phenoxy) is 1. The normalized spacial score (nSPS) is 25.0. The summed E-state index contributed by atoms with van der Waals surface area (Å²) in [6, 6.07) is 8.15. The molecule has 1 atom stereocenters. The Hall–Kier alpha value is -1.19. The second-order valence-electron chi connectivity index (χ2n) is 5.74. The van der Waals surface area contributed by atoms with E-state index in [4.69, 9.17) is 4.74 Å². The molecule has 1 heterocycles. The molecule has 3 rings (SSSR count). The molecular formula is C16H21NO2. The SMILES string of the molecule is CN1CCOC(C(=O)c2cccc(C3CCC3)c2)C1. The van der Waals surface area contributed by atoms with Crippen molar-refractivity contribution in [3.05, 3.63) is 35.4 Å². The van der Waals surface area contributed by atoms with Gasteiger partial charge in [0, 0.05) is 18.7 Å². The summed E-state index contributed by atoms with van der Waals surface area (Å²) in [4.78, 5) is 14.6. The summed E-state index contributed by atoms with van der Waals surface area (Å²) in [6.45, 7) is 2.26. The topological polar surface area (TPSA) is 29.5 Å². The first-order chi connectivity index (χ1) is 9.24. The lowest BCUT2D eigenvalue weighted by Crippen LogP contribution is -2.44. The van der Waals surface area contributed by atoms with E-state index >= 15 is 0 Å². The van der Waals surface area contributed by atoms with Crippen LogP contribution in [0.25, 0.3) is 0 Å². The van der Waals surface area contributed by atoms with Crippen molar-refractivity contribution in [1.29, 1.82) is 0 Å². The number of likely N-dealkylation sites (N-methyl/N-ethyl adjacent to an activating group) is 1. The maximum Gasteiger partial charge on any atom is 0.192 e. The summed E-state index contributed by atoms with van der Waals surface area (Å²) in [5, 5.41) is 0. The quantitative estimate of drug-likeness (QED) is 0.781. The minimum Gasteiger partial charge on any atom is -0.367 e. The van der Waals surface area contributed by atoms with Crippen LogP contribution in [0.1, 0.15) is 41.1 Å². The molecule has 1 saturated carbocycles. The third kappa shape index (κ3) is 2.72. The maximum absolute atomic E-state index is 12.5. The van der Waals surface area contributed by atoms with Gasteiger partial charge in [-0.2, -0.15) is 0 Å². The van der Waals surface area contributed by atoms with Crippen molar-refractivity contribution in [3.8, 4) is 0 Å². The third-order valence-electron chi connectivity index (χ3n) is 4.31. The Balaban J connectivity index is 1.75. The fraction of sp³-hybridized carbons (Fsp3) is 0.562. The number of Topliss-reactive ketones (excluding diaryl/α,β-unsaturated/α-hetero) is 1. The second kappa shape index (κ2) is 5.43. The van der Waals surface area contributed by atoms with Crippen LogP contribution in [0.4, 0.5) is 0 Å². The lowest BCUT2D eigenvalue weighted by Gasteiger charge is -2.29. The molecule has 0 amide bonds. The minimum atomic E-state index is -0.296. The number of nitrogens with zero attached hydrogens (tertiary/aromatic N) is 1. The lowest BCUT2D eigenvalue weighted by atomic mass is 9.79. The molecule has 0 radical (unpaired) electrons. The predicted octanol–water partition coefficient (Wildman–Crippen LogP) is 2.47. The molecular weight excluding hydrogens is 238 g/mol. The van der Waals surface area contributed by atoms with Crippen molar-refractivity contribution < 1.29 is 9.53 Å². The number of carbonyl (C=O) groups excluding carboxylic acids is 1. The van der Waals surface area contributed by atoms with Crippen molar-refractivity contribution >= 4 is 5.78 Å². The Morgan fingerprint density at radius 1 is 1.37 bits per heavy atom. The zero-order valence-corrected chi connectivity index (χ0v) is 11.5. The van der Waals surface area contributed by atoms with Crippen LogP contribution in [0.5, 0.6) is 0 Å². The first-order valence-corrected chi connectivity index (χ1v) is 7.18. The summed E-state index contributed by atoms with van der Waals surface area (Å²) in [6.07, 6.45) is 3.55. The molecule has 19 heavy (non-hydrogen) atoms. The molecule has 2 fully saturated rings. The average Bonchev–Trinajstić information content (AvgIpc) is 2.36. The van der Waals surface area contributed by atoms with Crippen molar-refractivity contribution in [3.63, 3.8) is 0 Å². The summed E-state index contributed by atoms with van der Waals surface area (Å²) in [5.41, 5.74) is 2.13. The fourth-order valence-corrected chi connectivity index (χ4v) is 2.81. The molecule has 1 aliphatic heterocycles. The molecule has 2 aliphatic rings. The highest BCUT2D eigenvalue weighted by atomic mass is 16.5. The van der Waals surface area contributed by atoms with Crippen molar-refractivity contribution in [2.24, 2.45) is 0 Å². The van der Waals surface area contributed by atoms with Crippen LogP contribution >= 0.6 is 0 Å². The Morgan fingerprint density at radius 3 is 2.89 bits per heavy atom. The zero-order valence-electron chi connectivity index (χ0n) is 11.5. The van der Waals surface area contributed by atoms with Gasteiger partial charge in [0.25, 0.3) is 0 Å². The number of morpholine rings is 1. The van der Waals surface area contributed by atoms with E-state index < -0.39 is 0 Å². The molecule has 1 aliphatic carbocycles. The highest BCUT2D eigenvalue weighted by Crippen LogP contribution is 2.36. The number of hydrogen-bond donors (Lipinski definition) is 0. The molecule has 102 valence electrons. The van der Waals surface area contributed by atoms with Gasteiger partial charge in [0.05, 0.1) is 6.61 Å². The fourth-order valence-electron chi connectivity index (χ4n) is 2.81. The van der Waals surface area contributed by atoms with Gasteiger partial charge in [0.2, 0.25) is 0 Å². The summed E-state index contributed by atoms with van der Waals surface area (Å²) < 4.78 is 5.61. The average molecular weight is 259 g/mol. The molecule has 0 N–H and O–H groups in total. The Labute approximate surface area is 114 Å². The highest BCUT2D eigenvalue weighted by molar-refractivity contribution is 5.99. The van der Waals surface area contributed by atoms with Gasteiger partial charge in [-0.05, 0) is 37.4 Å². The molecule has 1 unspecified atom stereocenters. The molecule has 1 saturated heterocycles. The molecule has 0 aromatic heterocycles. The number of carbonyl (C=O) groups is 1. The molecule has 0 spiro atoms. The number of ketones is 1. The molecule has 3 heteroatoms. The first-order valence-electron chi connectivity index (χ1n) is 7.18. The molecule has 0 bridgehead atoms. The monoisotopic (exact) mass is 259 g/mol. The van der Waals surface area contributed by atoms with Crippen molar-refractivity contribution in [2.45, 2.75) is 31.3 Å². The predicted molar refractivity (Wildman–Crippen MR) is 74.6 cm³/mol. The van der Waals surface area contributed by atoms with Crippen LogP contribution < -0.4 is 0 Å². The van der Waals surface area contributed by atoms with Crippen LogP contribution in [0, 0.1) is 0 Å². The molecule has 1 aromatic carbocycles. The molecule has 1 aromatic rings. The van der Waals surface area contributed by atoms with Gasteiger partial charge in [-0.15, -0.1) is 0 Å². The zero-order chi connectivity index (χ0) is 13.2. The van der Waals surface area contributed by atoms with E-state index in [0.29, 0.717) is 19.1 Å². The van der Waals surface area contributed by atoms with Gasteiger partial charge in [-0.3, -0.25) is 4.79 Å². The smallest absolute Gasteiger partial charge is 0.192 e. The van der Waals surface area contributed by atoms with Crippen LogP contribution in [0.3, 0.4) is 0 Å². The maximum atomic E-state index is 12.5. The van der Waals surface area contributed by atoms with Crippen LogP contribution in [0.2, 0.25) is 0 Å². The van der Waals surface area contributed by atoms with Crippen LogP contribution in [-0.2, 0) is 4.74 Å². The first kappa shape index (κ1) is 12.8. The summed E-state index contributed by atoms with van der Waals surface area (Å²) >= 11 is 0. The van der Waals surface area contributed by atoms with Gasteiger partial charge in [-0.1, -0.05) is 24.6 Å². The number of benzene rings is 1. The van der Waals surface area contributed by atoms with Gasteiger partial charge < -0.3 is 9.64 Å². The van der Waals surface area contributed by atoms with E-state index in [0.717, 1.165) is 12.1 Å². The van der Waals surface area contributed by atoms with E-state index in [9.17, 15) is 4.79 Å². The van der Waals surface area contributed by atoms with Gasteiger partial charge >= 0.3 is 0 Å². The second-order valence-corrected chi connectivity index (χ2v) is 5.74. The van der Waals surface area contributed by atoms with Crippen LogP contribution in [0.15, 0.2) is 24.3 Å². The number of hydrogen-bond acceptors (Lipinski definition) is 3. The Kier molecular flexibility index (Phi) is 3.67. The third-order valence-corrected chi connectivity index (χ3v) is 4.31. The van der Waals surface area contributed by atoms with E-state index in [1.165, 1.54) is 24.8 Å². The van der Waals surface area contributed by atoms with Crippen molar-refractivity contribution in [1.82, 2.24) is 4.90 Å². The summed E-state index contributed by atoms with van der Waals surface area (Å²) in [5.74, 6) is 0.801. The Morgan fingerprint density at radius 2 is 2.21 bits per heavy atom. The molecule has 3 nitrogen and oxygen atoms in total. The van der Waals surface area contributed by atoms with E-state index in [1.54, 1.807) is 0 Å². The highest BCUT2D eigenvalue weighted by Gasteiger charge is 2.27. The van der Waals surface area contributed by atoms with E-state index in [2.05, 4.69) is 17.0 Å². The summed E-state index contributed by atoms with van der Waals surface area (Å²) in [7, 11) is 2.04. The largest absolute Gasteiger partial charge is 0.367 e. The van der Waals surface area contributed by atoms with Crippen molar-refractivity contribution in [2.75, 3.05) is 26.7 Å². The van der Waals surface area contributed by atoms with Gasteiger partial charge in [0.15, 0.2) is 5.78 Å². The Bertz CT molecular complexity index is 468. The standard InChI is InChI=1S/C16H21NO2/c1-17-8-9-19-15(11-17)16(18)14-7-3-6-13(10-14)12-4-2-5-12/h3,6-7,10,12,15H,2,4-5,8-9,11H2,1H3. The van der Waals surface area contributed by atoms with Crippen LogP contribution in [-0.4, -0.2) is 43.5 Å². The minimum absolute atomic E-state index is 0.132. The van der Waals surface area contributed by atoms with E-state index in [-0.39, 0.29) is 11.9 Å². The van der Waals surface area contributed by atoms with Gasteiger partial charge in [0.1, 0.15) is 6.10 Å².